The molecular formula is C19H21N5O3S3. The monoisotopic (exact) mass is 463 g/mol. The van der Waals surface area contributed by atoms with Crippen LogP contribution in [0.5, 0.6) is 0 Å². The van der Waals surface area contributed by atoms with Gasteiger partial charge in [0.1, 0.15) is 10.7 Å². The zero-order valence-electron chi connectivity index (χ0n) is 16.6. The molecule has 0 radical (unpaired) electrons. The predicted octanol–water partition coefficient (Wildman–Crippen LogP) is 3.79. The van der Waals surface area contributed by atoms with Crippen molar-refractivity contribution in [1.82, 2.24) is 19.7 Å². The van der Waals surface area contributed by atoms with Crippen molar-refractivity contribution in [2.75, 3.05) is 17.7 Å². The number of amides is 1. The molecule has 3 aromatic heterocycles. The van der Waals surface area contributed by atoms with E-state index in [4.69, 9.17) is 4.74 Å². The van der Waals surface area contributed by atoms with Crippen molar-refractivity contribution in [2.45, 2.75) is 32.0 Å². The number of esters is 1. The number of thiazole rings is 1. The molecule has 0 atom stereocenters. The van der Waals surface area contributed by atoms with Gasteiger partial charge in [0.05, 0.1) is 18.1 Å². The minimum absolute atomic E-state index is 0.141. The van der Waals surface area contributed by atoms with Crippen LogP contribution in [0.1, 0.15) is 33.0 Å². The Morgan fingerprint density at radius 3 is 2.93 bits per heavy atom. The van der Waals surface area contributed by atoms with Crippen LogP contribution in [0.2, 0.25) is 0 Å². The average Bonchev–Trinajstić information content (AvgIpc) is 3.43. The molecule has 0 unspecified atom stereocenters. The number of anilines is 1. The third-order valence-electron chi connectivity index (χ3n) is 3.85. The standard InChI is InChI=1S/C19H21N5O3S3/c1-4-8-24-14(10-13-7-6-9-28-13)22-23-19(24)29-11-15(25)21-18-20-12(3)16(30-18)17(26)27-5-2/h4,6-7,9H,1,5,8,10-11H2,2-3H3,(H,20,21,25). The van der Waals surface area contributed by atoms with E-state index in [0.29, 0.717) is 33.8 Å². The quantitative estimate of drug-likeness (QED) is 0.277. The van der Waals surface area contributed by atoms with E-state index in [-0.39, 0.29) is 18.3 Å². The van der Waals surface area contributed by atoms with Crippen LogP contribution in [-0.4, -0.2) is 44.0 Å². The van der Waals surface area contributed by atoms with Crippen molar-refractivity contribution in [3.8, 4) is 0 Å². The maximum absolute atomic E-state index is 12.4. The third kappa shape index (κ3) is 5.55. The van der Waals surface area contributed by atoms with Crippen LogP contribution < -0.4 is 5.32 Å². The number of rotatable bonds is 10. The number of nitrogens with zero attached hydrogens (tertiary/aromatic N) is 4. The molecule has 1 N–H and O–H groups in total. The number of aromatic nitrogens is 4. The topological polar surface area (TPSA) is 99.0 Å². The normalized spacial score (nSPS) is 10.7. The van der Waals surface area contributed by atoms with E-state index >= 15 is 0 Å². The van der Waals surface area contributed by atoms with Crippen LogP contribution in [0.4, 0.5) is 5.13 Å². The first kappa shape index (κ1) is 22.2. The fraction of sp³-hybridized carbons (Fsp3) is 0.316. The number of nitrogens with one attached hydrogen (secondary N) is 1. The summed E-state index contributed by atoms with van der Waals surface area (Å²) in [5, 5.41) is 14.3. The molecule has 1 amide bonds. The van der Waals surface area contributed by atoms with Crippen LogP contribution >= 0.6 is 34.4 Å². The molecule has 0 aromatic carbocycles. The lowest BCUT2D eigenvalue weighted by atomic mass is 10.3. The second kappa shape index (κ2) is 10.5. The minimum Gasteiger partial charge on any atom is -0.462 e. The Bertz CT molecular complexity index is 1030. The molecule has 11 heteroatoms. The molecular weight excluding hydrogens is 442 g/mol. The summed E-state index contributed by atoms with van der Waals surface area (Å²) in [6, 6.07) is 4.06. The van der Waals surface area contributed by atoms with Gasteiger partial charge in [0, 0.05) is 17.8 Å². The number of aryl methyl sites for hydroxylation is 1. The molecule has 3 heterocycles. The van der Waals surface area contributed by atoms with E-state index in [0.717, 1.165) is 17.2 Å². The first-order chi connectivity index (χ1) is 14.5. The highest BCUT2D eigenvalue weighted by molar-refractivity contribution is 7.99. The first-order valence-electron chi connectivity index (χ1n) is 9.14. The van der Waals surface area contributed by atoms with Crippen LogP contribution in [0.3, 0.4) is 0 Å². The van der Waals surface area contributed by atoms with E-state index in [9.17, 15) is 9.59 Å². The molecule has 158 valence electrons. The van der Waals surface area contributed by atoms with Crippen molar-refractivity contribution in [3.63, 3.8) is 0 Å². The van der Waals surface area contributed by atoms with Crippen LogP contribution in [0.25, 0.3) is 0 Å². The van der Waals surface area contributed by atoms with Crippen LogP contribution in [0, 0.1) is 6.92 Å². The maximum Gasteiger partial charge on any atom is 0.350 e. The van der Waals surface area contributed by atoms with Gasteiger partial charge in [-0.25, -0.2) is 9.78 Å². The van der Waals surface area contributed by atoms with E-state index in [2.05, 4.69) is 33.1 Å². The lowest BCUT2D eigenvalue weighted by Crippen LogP contribution is -2.14. The highest BCUT2D eigenvalue weighted by Crippen LogP contribution is 2.25. The Morgan fingerprint density at radius 2 is 2.23 bits per heavy atom. The van der Waals surface area contributed by atoms with Crippen molar-refractivity contribution in [2.24, 2.45) is 0 Å². The van der Waals surface area contributed by atoms with Crippen LogP contribution in [-0.2, 0) is 22.5 Å². The molecule has 3 aromatic rings. The zero-order valence-corrected chi connectivity index (χ0v) is 19.0. The summed E-state index contributed by atoms with van der Waals surface area (Å²) in [4.78, 5) is 30.1. The predicted molar refractivity (Wildman–Crippen MR) is 120 cm³/mol. The van der Waals surface area contributed by atoms with Gasteiger partial charge in [0.2, 0.25) is 5.91 Å². The van der Waals surface area contributed by atoms with Gasteiger partial charge >= 0.3 is 5.97 Å². The molecule has 0 spiro atoms. The molecule has 0 saturated carbocycles. The molecule has 0 aliphatic heterocycles. The van der Waals surface area contributed by atoms with E-state index < -0.39 is 5.97 Å². The van der Waals surface area contributed by atoms with Gasteiger partial charge in [-0.15, -0.1) is 28.1 Å². The Labute approximate surface area is 186 Å². The number of ether oxygens (including phenoxy) is 1. The van der Waals surface area contributed by atoms with Crippen LogP contribution in [0.15, 0.2) is 35.3 Å². The molecule has 8 nitrogen and oxygen atoms in total. The number of allylic oxidation sites excluding steroid dienone is 1. The summed E-state index contributed by atoms with van der Waals surface area (Å²) in [5.74, 6) is 0.298. The van der Waals surface area contributed by atoms with Crippen molar-refractivity contribution in [3.05, 3.63) is 51.4 Å². The minimum atomic E-state index is -0.432. The van der Waals surface area contributed by atoms with Crippen molar-refractivity contribution >= 4 is 51.4 Å². The highest BCUT2D eigenvalue weighted by Gasteiger charge is 2.18. The number of hydrogen-bond donors (Lipinski definition) is 1. The number of carbonyl (C=O) groups is 2. The Kier molecular flexibility index (Phi) is 7.77. The summed E-state index contributed by atoms with van der Waals surface area (Å²) >= 11 is 4.06. The molecule has 3 rings (SSSR count). The number of hydrogen-bond acceptors (Lipinski definition) is 9. The smallest absolute Gasteiger partial charge is 0.350 e. The van der Waals surface area contributed by atoms with E-state index in [1.54, 1.807) is 31.3 Å². The fourth-order valence-electron chi connectivity index (χ4n) is 2.56. The number of thioether (sulfide) groups is 1. The van der Waals surface area contributed by atoms with Gasteiger partial charge in [0.15, 0.2) is 10.3 Å². The number of carbonyl (C=O) groups excluding carboxylic acids is 2. The summed E-state index contributed by atoms with van der Waals surface area (Å²) < 4.78 is 6.95. The van der Waals surface area contributed by atoms with Gasteiger partial charge in [-0.1, -0.05) is 35.2 Å². The molecule has 0 aliphatic rings. The van der Waals surface area contributed by atoms with Gasteiger partial charge in [0.25, 0.3) is 0 Å². The lowest BCUT2D eigenvalue weighted by molar-refractivity contribution is -0.113. The lowest BCUT2D eigenvalue weighted by Gasteiger charge is -2.07. The van der Waals surface area contributed by atoms with Gasteiger partial charge in [-0.2, -0.15) is 0 Å². The summed E-state index contributed by atoms with van der Waals surface area (Å²) in [6.07, 6.45) is 2.46. The van der Waals surface area contributed by atoms with Crippen molar-refractivity contribution in [1.29, 1.82) is 0 Å². The number of thiophene rings is 1. The fourth-order valence-corrected chi connectivity index (χ4v) is 4.90. The van der Waals surface area contributed by atoms with Gasteiger partial charge in [-0.3, -0.25) is 4.79 Å². The third-order valence-corrected chi connectivity index (χ3v) is 6.75. The molecule has 30 heavy (non-hydrogen) atoms. The largest absolute Gasteiger partial charge is 0.462 e. The Morgan fingerprint density at radius 1 is 1.40 bits per heavy atom. The van der Waals surface area contributed by atoms with Crippen molar-refractivity contribution < 1.29 is 14.3 Å². The van der Waals surface area contributed by atoms with E-state index in [1.165, 1.54) is 16.6 Å². The van der Waals surface area contributed by atoms with Gasteiger partial charge < -0.3 is 14.6 Å². The first-order valence-corrected chi connectivity index (χ1v) is 11.8. The second-order valence-corrected chi connectivity index (χ2v) is 9.02. The average molecular weight is 464 g/mol. The molecule has 0 aliphatic carbocycles. The maximum atomic E-state index is 12.4. The molecule has 0 saturated heterocycles. The SMILES string of the molecule is C=CCn1c(Cc2cccs2)nnc1SCC(=O)Nc1nc(C)c(C(=O)OCC)s1. The highest BCUT2D eigenvalue weighted by atomic mass is 32.2. The van der Waals surface area contributed by atoms with Gasteiger partial charge in [-0.05, 0) is 25.3 Å². The Balaban J connectivity index is 1.62. The summed E-state index contributed by atoms with van der Waals surface area (Å²) in [7, 11) is 0. The molecule has 0 fully saturated rings. The Hall–Kier alpha value is -2.50. The summed E-state index contributed by atoms with van der Waals surface area (Å²) in [6.45, 7) is 8.09. The second-order valence-electron chi connectivity index (χ2n) is 6.05. The summed E-state index contributed by atoms with van der Waals surface area (Å²) in [5.41, 5.74) is 0.533. The zero-order chi connectivity index (χ0) is 21.5. The molecule has 0 bridgehead atoms. The van der Waals surface area contributed by atoms with E-state index in [1.807, 2.05) is 16.0 Å².